The molecule has 0 aliphatic carbocycles. The fourth-order valence-electron chi connectivity index (χ4n) is 3.37. The molecule has 4 rings (SSSR count). The zero-order chi connectivity index (χ0) is 18.9. The van der Waals surface area contributed by atoms with Crippen LogP contribution in [0.1, 0.15) is 12.8 Å². The molecule has 1 aromatic carbocycles. The summed E-state index contributed by atoms with van der Waals surface area (Å²) < 4.78 is 30.9. The zero-order valence-electron chi connectivity index (χ0n) is 15.0. The Labute approximate surface area is 162 Å². The van der Waals surface area contributed by atoms with Crippen molar-refractivity contribution in [3.8, 4) is 5.75 Å². The van der Waals surface area contributed by atoms with E-state index in [0.717, 1.165) is 41.5 Å². The highest BCUT2D eigenvalue weighted by Crippen LogP contribution is 2.34. The monoisotopic (exact) mass is 403 g/mol. The lowest BCUT2D eigenvalue weighted by Gasteiger charge is -2.32. The fourth-order valence-corrected chi connectivity index (χ4v) is 5.29. The summed E-state index contributed by atoms with van der Waals surface area (Å²) in [6.07, 6.45) is 6.86. The standard InChI is InChI=1S/C19H21N3O3S2/c1-27(23,24)17-6-2-5-16-18(17)21-19(26-16)22-11-3-4-14(12-22)13-25-15-7-9-20-10-8-15/h2,5-10,14H,3-4,11-13H2,1H3. The van der Waals surface area contributed by atoms with Crippen LogP contribution in [0.5, 0.6) is 5.75 Å². The molecule has 0 radical (unpaired) electrons. The predicted octanol–water partition coefficient (Wildman–Crippen LogP) is 3.39. The first-order valence-corrected chi connectivity index (χ1v) is 11.6. The fraction of sp³-hybridized carbons (Fsp3) is 0.368. The SMILES string of the molecule is CS(=O)(=O)c1cccc2sc(N3CCCC(COc4ccncc4)C3)nc12. The molecule has 1 aliphatic rings. The number of sulfone groups is 1. The number of hydrogen-bond donors (Lipinski definition) is 0. The van der Waals surface area contributed by atoms with Crippen LogP contribution in [-0.4, -0.2) is 44.3 Å². The lowest BCUT2D eigenvalue weighted by atomic mass is 9.99. The van der Waals surface area contributed by atoms with Crippen molar-refractivity contribution in [1.82, 2.24) is 9.97 Å². The summed E-state index contributed by atoms with van der Waals surface area (Å²) in [6, 6.07) is 9.06. The first-order chi connectivity index (χ1) is 13.0. The maximum Gasteiger partial charge on any atom is 0.186 e. The van der Waals surface area contributed by atoms with E-state index in [1.54, 1.807) is 35.9 Å². The second kappa shape index (κ2) is 7.44. The highest BCUT2D eigenvalue weighted by molar-refractivity contribution is 7.91. The molecule has 0 saturated carbocycles. The van der Waals surface area contributed by atoms with Crippen molar-refractivity contribution >= 4 is 36.5 Å². The van der Waals surface area contributed by atoms with E-state index in [1.165, 1.54) is 6.26 Å². The van der Waals surface area contributed by atoms with Crippen LogP contribution in [0.2, 0.25) is 0 Å². The number of aromatic nitrogens is 2. The topological polar surface area (TPSA) is 72.4 Å². The van der Waals surface area contributed by atoms with Gasteiger partial charge in [-0.1, -0.05) is 17.4 Å². The average Bonchev–Trinajstić information content (AvgIpc) is 3.11. The smallest absolute Gasteiger partial charge is 0.186 e. The molecule has 1 unspecified atom stereocenters. The largest absolute Gasteiger partial charge is 0.493 e. The van der Waals surface area contributed by atoms with E-state index in [9.17, 15) is 8.42 Å². The summed E-state index contributed by atoms with van der Waals surface area (Å²) in [4.78, 5) is 11.2. The first-order valence-electron chi connectivity index (χ1n) is 8.88. The number of ether oxygens (including phenoxy) is 1. The molecule has 142 valence electrons. The summed E-state index contributed by atoms with van der Waals surface area (Å²) in [5.41, 5.74) is 0.579. The third kappa shape index (κ3) is 4.06. The molecule has 0 bridgehead atoms. The van der Waals surface area contributed by atoms with Gasteiger partial charge in [0.15, 0.2) is 15.0 Å². The van der Waals surface area contributed by atoms with Crippen molar-refractivity contribution in [3.63, 3.8) is 0 Å². The predicted molar refractivity (Wildman–Crippen MR) is 107 cm³/mol. The van der Waals surface area contributed by atoms with Gasteiger partial charge in [0.1, 0.15) is 11.3 Å². The Balaban J connectivity index is 1.51. The van der Waals surface area contributed by atoms with E-state index in [-0.39, 0.29) is 0 Å². The molecule has 1 aliphatic heterocycles. The van der Waals surface area contributed by atoms with Crippen molar-refractivity contribution in [2.75, 3.05) is 30.9 Å². The molecule has 3 heterocycles. The van der Waals surface area contributed by atoms with Gasteiger partial charge in [0.05, 0.1) is 16.2 Å². The lowest BCUT2D eigenvalue weighted by molar-refractivity contribution is 0.228. The van der Waals surface area contributed by atoms with E-state index in [0.29, 0.717) is 22.9 Å². The minimum Gasteiger partial charge on any atom is -0.493 e. The maximum atomic E-state index is 12.0. The van der Waals surface area contributed by atoms with Crippen molar-refractivity contribution in [3.05, 3.63) is 42.7 Å². The van der Waals surface area contributed by atoms with Gasteiger partial charge in [-0.05, 0) is 37.1 Å². The van der Waals surface area contributed by atoms with Crippen molar-refractivity contribution in [2.45, 2.75) is 17.7 Å². The zero-order valence-corrected chi connectivity index (χ0v) is 16.7. The van der Waals surface area contributed by atoms with Gasteiger partial charge in [0, 0.05) is 37.7 Å². The molecule has 0 N–H and O–H groups in total. The second-order valence-corrected chi connectivity index (χ2v) is 9.81. The lowest BCUT2D eigenvalue weighted by Crippen LogP contribution is -2.37. The minimum atomic E-state index is -3.30. The normalized spacial score (nSPS) is 18.0. The van der Waals surface area contributed by atoms with Crippen LogP contribution in [0, 0.1) is 5.92 Å². The van der Waals surface area contributed by atoms with Crippen LogP contribution in [0.4, 0.5) is 5.13 Å². The number of piperidine rings is 1. The number of pyridine rings is 1. The quantitative estimate of drug-likeness (QED) is 0.650. The molecule has 27 heavy (non-hydrogen) atoms. The summed E-state index contributed by atoms with van der Waals surface area (Å²) in [6.45, 7) is 2.44. The van der Waals surface area contributed by atoms with Crippen LogP contribution in [0.25, 0.3) is 10.2 Å². The molecule has 6 nitrogen and oxygen atoms in total. The molecule has 8 heteroatoms. The molecule has 0 spiro atoms. The van der Waals surface area contributed by atoms with E-state index in [1.807, 2.05) is 18.2 Å². The van der Waals surface area contributed by atoms with Gasteiger partial charge >= 0.3 is 0 Å². The number of para-hydroxylation sites is 1. The van der Waals surface area contributed by atoms with E-state index in [2.05, 4.69) is 14.9 Å². The Morgan fingerprint density at radius 3 is 2.85 bits per heavy atom. The van der Waals surface area contributed by atoms with Gasteiger partial charge in [-0.3, -0.25) is 4.98 Å². The number of thiazole rings is 1. The number of nitrogens with zero attached hydrogens (tertiary/aromatic N) is 3. The van der Waals surface area contributed by atoms with Gasteiger partial charge in [-0.15, -0.1) is 0 Å². The molecule has 2 aromatic heterocycles. The molecular weight excluding hydrogens is 382 g/mol. The third-order valence-corrected chi connectivity index (χ3v) is 6.90. The van der Waals surface area contributed by atoms with Crippen LogP contribution in [0.3, 0.4) is 0 Å². The van der Waals surface area contributed by atoms with Crippen LogP contribution in [-0.2, 0) is 9.84 Å². The molecule has 1 saturated heterocycles. The first kappa shape index (κ1) is 18.2. The molecule has 3 aromatic rings. The molecule has 0 amide bonds. The van der Waals surface area contributed by atoms with Gasteiger partial charge in [-0.25, -0.2) is 13.4 Å². The van der Waals surface area contributed by atoms with Crippen LogP contribution < -0.4 is 9.64 Å². The number of fused-ring (bicyclic) bond motifs is 1. The Kier molecular flexibility index (Phi) is 5.01. The highest BCUT2D eigenvalue weighted by Gasteiger charge is 2.24. The van der Waals surface area contributed by atoms with Gasteiger partial charge in [-0.2, -0.15) is 0 Å². The van der Waals surface area contributed by atoms with Gasteiger partial charge in [0.25, 0.3) is 0 Å². The highest BCUT2D eigenvalue weighted by atomic mass is 32.2. The third-order valence-electron chi connectivity index (χ3n) is 4.70. The summed E-state index contributed by atoms with van der Waals surface area (Å²) in [5, 5.41) is 0.884. The number of hydrogen-bond acceptors (Lipinski definition) is 7. The number of rotatable bonds is 5. The Morgan fingerprint density at radius 1 is 1.26 bits per heavy atom. The van der Waals surface area contributed by atoms with Gasteiger partial charge < -0.3 is 9.64 Å². The average molecular weight is 404 g/mol. The van der Waals surface area contributed by atoms with Crippen LogP contribution >= 0.6 is 11.3 Å². The van der Waals surface area contributed by atoms with Gasteiger partial charge in [0.2, 0.25) is 0 Å². The summed E-state index contributed by atoms with van der Waals surface area (Å²) >= 11 is 1.55. The van der Waals surface area contributed by atoms with E-state index < -0.39 is 9.84 Å². The van der Waals surface area contributed by atoms with Crippen molar-refractivity contribution in [1.29, 1.82) is 0 Å². The molecule has 1 fully saturated rings. The molecular formula is C19H21N3O3S2. The number of benzene rings is 1. The Hall–Kier alpha value is -2.19. The minimum absolute atomic E-state index is 0.303. The maximum absolute atomic E-state index is 12.0. The summed E-state index contributed by atoms with van der Waals surface area (Å²) in [5.74, 6) is 1.24. The Morgan fingerprint density at radius 2 is 2.07 bits per heavy atom. The summed E-state index contributed by atoms with van der Waals surface area (Å²) in [7, 11) is -3.30. The van der Waals surface area contributed by atoms with E-state index >= 15 is 0 Å². The van der Waals surface area contributed by atoms with E-state index in [4.69, 9.17) is 4.74 Å². The van der Waals surface area contributed by atoms with Crippen LogP contribution in [0.15, 0.2) is 47.6 Å². The van der Waals surface area contributed by atoms with Crippen molar-refractivity contribution < 1.29 is 13.2 Å². The molecule has 1 atom stereocenters. The van der Waals surface area contributed by atoms with Crippen molar-refractivity contribution in [2.24, 2.45) is 5.92 Å². The number of anilines is 1. The Bertz CT molecular complexity index is 1030. The second-order valence-electron chi connectivity index (χ2n) is 6.82.